The number of hydrogen-bond donors (Lipinski definition) is 1. The molecule has 0 unspecified atom stereocenters. The molecule has 1 aliphatic heterocycles. The highest BCUT2D eigenvalue weighted by Crippen LogP contribution is 2.26. The molecule has 3 rings (SSSR count). The first-order valence-electron chi connectivity index (χ1n) is 8.88. The Balaban J connectivity index is 1.71. The molecule has 1 heterocycles. The van der Waals surface area contributed by atoms with Crippen LogP contribution in [0.3, 0.4) is 0 Å². The molecule has 0 spiro atoms. The minimum Gasteiger partial charge on any atom is -0.481 e. The summed E-state index contributed by atoms with van der Waals surface area (Å²) in [5.74, 6) is -1.51. The number of piperidine rings is 1. The van der Waals surface area contributed by atoms with Crippen molar-refractivity contribution in [1.29, 1.82) is 0 Å². The van der Waals surface area contributed by atoms with Crippen LogP contribution in [0.5, 0.6) is 0 Å². The molecule has 1 N–H and O–H groups in total. The molecule has 136 valence electrons. The van der Waals surface area contributed by atoms with Crippen LogP contribution in [-0.4, -0.2) is 41.4 Å². The molecule has 5 heteroatoms. The minimum atomic E-state index is -0.836. The van der Waals surface area contributed by atoms with E-state index in [9.17, 15) is 14.0 Å². The van der Waals surface area contributed by atoms with E-state index in [0.29, 0.717) is 24.2 Å². The largest absolute Gasteiger partial charge is 0.481 e. The van der Waals surface area contributed by atoms with Gasteiger partial charge in [-0.2, -0.15) is 0 Å². The number of carbonyl (C=O) groups is 2. The van der Waals surface area contributed by atoms with Crippen molar-refractivity contribution in [3.05, 3.63) is 59.9 Å². The summed E-state index contributed by atoms with van der Waals surface area (Å²) in [6, 6.07) is 13.9. The van der Waals surface area contributed by atoms with Gasteiger partial charge in [-0.1, -0.05) is 42.5 Å². The van der Waals surface area contributed by atoms with Crippen LogP contribution in [0.2, 0.25) is 0 Å². The van der Waals surface area contributed by atoms with Crippen molar-refractivity contribution in [2.24, 2.45) is 5.92 Å². The van der Waals surface area contributed by atoms with Gasteiger partial charge in [0.15, 0.2) is 5.78 Å². The van der Waals surface area contributed by atoms with Crippen molar-refractivity contribution in [3.8, 4) is 11.1 Å². The summed E-state index contributed by atoms with van der Waals surface area (Å²) < 4.78 is 14.5. The van der Waals surface area contributed by atoms with Crippen LogP contribution < -0.4 is 0 Å². The van der Waals surface area contributed by atoms with Gasteiger partial charge in [-0.25, -0.2) is 4.39 Å². The molecular weight excluding hydrogens is 333 g/mol. The van der Waals surface area contributed by atoms with Crippen LogP contribution in [-0.2, 0) is 4.79 Å². The molecule has 0 aliphatic carbocycles. The van der Waals surface area contributed by atoms with Gasteiger partial charge in [-0.05, 0) is 31.0 Å². The first-order chi connectivity index (χ1) is 12.5. The lowest BCUT2D eigenvalue weighted by Gasteiger charge is -2.31. The lowest BCUT2D eigenvalue weighted by Crippen LogP contribution is -2.39. The Morgan fingerprint density at radius 3 is 2.62 bits per heavy atom. The van der Waals surface area contributed by atoms with E-state index < -0.39 is 11.8 Å². The second-order valence-electron chi connectivity index (χ2n) is 6.71. The van der Waals surface area contributed by atoms with Crippen LogP contribution in [0.15, 0.2) is 48.5 Å². The predicted octanol–water partition coefficient (Wildman–Crippen LogP) is 3.86. The van der Waals surface area contributed by atoms with Crippen LogP contribution in [0.1, 0.15) is 29.6 Å². The number of rotatable bonds is 6. The number of carboxylic acid groups (broad SMARTS) is 1. The zero-order valence-corrected chi connectivity index (χ0v) is 14.5. The van der Waals surface area contributed by atoms with Gasteiger partial charge in [0, 0.05) is 30.1 Å². The fraction of sp³-hybridized carbons (Fsp3) is 0.333. The van der Waals surface area contributed by atoms with E-state index in [4.69, 9.17) is 5.11 Å². The number of halogens is 1. The summed E-state index contributed by atoms with van der Waals surface area (Å²) in [6.07, 6.45) is 1.67. The molecule has 1 saturated heterocycles. The van der Waals surface area contributed by atoms with Crippen molar-refractivity contribution in [1.82, 2.24) is 4.90 Å². The zero-order chi connectivity index (χ0) is 18.5. The number of likely N-dealkylation sites (tertiary alicyclic amines) is 1. The van der Waals surface area contributed by atoms with Gasteiger partial charge in [0.2, 0.25) is 0 Å². The Morgan fingerprint density at radius 1 is 1.15 bits per heavy atom. The van der Waals surface area contributed by atoms with E-state index in [1.807, 2.05) is 35.2 Å². The second kappa shape index (κ2) is 8.23. The van der Waals surface area contributed by atoms with Gasteiger partial charge in [-0.3, -0.25) is 9.59 Å². The third-order valence-electron chi connectivity index (χ3n) is 4.86. The number of ketones is 1. The Morgan fingerprint density at radius 2 is 1.92 bits per heavy atom. The van der Waals surface area contributed by atoms with Crippen molar-refractivity contribution in [3.63, 3.8) is 0 Å². The molecule has 1 aliphatic rings. The third kappa shape index (κ3) is 4.35. The normalized spacial score (nSPS) is 17.8. The molecule has 0 saturated carbocycles. The van der Waals surface area contributed by atoms with Crippen LogP contribution >= 0.6 is 0 Å². The molecule has 4 nitrogen and oxygen atoms in total. The predicted molar refractivity (Wildman–Crippen MR) is 97.6 cm³/mol. The molecule has 2 aromatic rings. The van der Waals surface area contributed by atoms with E-state index in [-0.39, 0.29) is 18.1 Å². The number of carbonyl (C=O) groups excluding carboxylic acids is 1. The van der Waals surface area contributed by atoms with Gasteiger partial charge < -0.3 is 10.0 Å². The maximum absolute atomic E-state index is 14.5. The smallest absolute Gasteiger partial charge is 0.304 e. The highest BCUT2D eigenvalue weighted by Gasteiger charge is 2.27. The van der Waals surface area contributed by atoms with Gasteiger partial charge in [0.1, 0.15) is 5.82 Å². The summed E-state index contributed by atoms with van der Waals surface area (Å²) in [4.78, 5) is 25.5. The molecule has 2 aromatic carbocycles. The SMILES string of the molecule is O=C(O)CCN1CCC[C@@H](C(=O)c2ccc(-c3ccccc3)c(F)c2)C1. The Labute approximate surface area is 152 Å². The van der Waals surface area contributed by atoms with Crippen molar-refractivity contribution >= 4 is 11.8 Å². The average molecular weight is 355 g/mol. The Kier molecular flexibility index (Phi) is 5.78. The summed E-state index contributed by atoms with van der Waals surface area (Å²) >= 11 is 0. The van der Waals surface area contributed by atoms with Gasteiger partial charge in [-0.15, -0.1) is 0 Å². The van der Waals surface area contributed by atoms with Gasteiger partial charge in [0.05, 0.1) is 6.42 Å². The number of carboxylic acids is 1. The van der Waals surface area contributed by atoms with Gasteiger partial charge >= 0.3 is 5.97 Å². The van der Waals surface area contributed by atoms with E-state index in [1.165, 1.54) is 6.07 Å². The van der Waals surface area contributed by atoms with E-state index in [0.717, 1.165) is 24.9 Å². The first kappa shape index (κ1) is 18.3. The number of nitrogens with zero attached hydrogens (tertiary/aromatic N) is 1. The average Bonchev–Trinajstić information content (AvgIpc) is 2.66. The maximum atomic E-state index is 14.5. The molecule has 0 bridgehead atoms. The Bertz CT molecular complexity index is 791. The van der Waals surface area contributed by atoms with Crippen LogP contribution in [0.25, 0.3) is 11.1 Å². The monoisotopic (exact) mass is 355 g/mol. The maximum Gasteiger partial charge on any atom is 0.304 e. The lowest BCUT2D eigenvalue weighted by molar-refractivity contribution is -0.137. The fourth-order valence-corrected chi connectivity index (χ4v) is 3.48. The summed E-state index contributed by atoms with van der Waals surface area (Å²) in [5.41, 5.74) is 1.64. The van der Waals surface area contributed by atoms with Crippen LogP contribution in [0.4, 0.5) is 4.39 Å². The highest BCUT2D eigenvalue weighted by molar-refractivity contribution is 5.98. The molecule has 0 amide bonds. The third-order valence-corrected chi connectivity index (χ3v) is 4.86. The first-order valence-corrected chi connectivity index (χ1v) is 8.88. The molecular formula is C21H22FNO3. The van der Waals surface area contributed by atoms with Crippen molar-refractivity contribution in [2.45, 2.75) is 19.3 Å². The van der Waals surface area contributed by atoms with E-state index >= 15 is 0 Å². The van der Waals surface area contributed by atoms with E-state index in [1.54, 1.807) is 12.1 Å². The molecule has 1 atom stereocenters. The zero-order valence-electron chi connectivity index (χ0n) is 14.5. The number of benzene rings is 2. The summed E-state index contributed by atoms with van der Waals surface area (Å²) in [6.45, 7) is 1.78. The van der Waals surface area contributed by atoms with Crippen LogP contribution in [0, 0.1) is 11.7 Å². The Hall–Kier alpha value is -2.53. The minimum absolute atomic E-state index is 0.0662. The topological polar surface area (TPSA) is 57.6 Å². The summed E-state index contributed by atoms with van der Waals surface area (Å²) in [7, 11) is 0. The fourth-order valence-electron chi connectivity index (χ4n) is 3.48. The quantitative estimate of drug-likeness (QED) is 0.800. The van der Waals surface area contributed by atoms with Crippen molar-refractivity contribution in [2.75, 3.05) is 19.6 Å². The van der Waals surface area contributed by atoms with Gasteiger partial charge in [0.25, 0.3) is 0 Å². The summed E-state index contributed by atoms with van der Waals surface area (Å²) in [5, 5.41) is 8.81. The second-order valence-corrected chi connectivity index (χ2v) is 6.71. The van der Waals surface area contributed by atoms with E-state index in [2.05, 4.69) is 0 Å². The highest BCUT2D eigenvalue weighted by atomic mass is 19.1. The standard InChI is InChI=1S/C21H22FNO3/c22-19-13-16(8-9-18(19)15-5-2-1-3-6-15)21(26)17-7-4-11-23(14-17)12-10-20(24)25/h1-3,5-6,8-9,13,17H,4,7,10-12,14H2,(H,24,25)/t17-/m1/s1. The van der Waals surface area contributed by atoms with Crippen molar-refractivity contribution < 1.29 is 19.1 Å². The molecule has 26 heavy (non-hydrogen) atoms. The molecule has 0 aromatic heterocycles. The number of Topliss-reactive ketones (excluding diaryl/α,β-unsaturated/α-hetero) is 1. The number of hydrogen-bond acceptors (Lipinski definition) is 3. The molecule has 1 fully saturated rings. The molecule has 0 radical (unpaired) electrons. The lowest BCUT2D eigenvalue weighted by atomic mass is 9.89. The number of aliphatic carboxylic acids is 1.